The summed E-state index contributed by atoms with van der Waals surface area (Å²) in [5.74, 6) is -0.430. The van der Waals surface area contributed by atoms with Crippen LogP contribution in [0.1, 0.15) is 50.3 Å². The second-order valence-electron chi connectivity index (χ2n) is 10.5. The van der Waals surface area contributed by atoms with Gasteiger partial charge in [-0.15, -0.1) is 0 Å². The van der Waals surface area contributed by atoms with Gasteiger partial charge in [0, 0.05) is 36.4 Å². The lowest BCUT2D eigenvalue weighted by Crippen LogP contribution is -2.51. The van der Waals surface area contributed by atoms with Gasteiger partial charge in [0.2, 0.25) is 21.8 Å². The maximum atomic E-state index is 13.9. The molecule has 0 aromatic heterocycles. The summed E-state index contributed by atoms with van der Waals surface area (Å²) < 4.78 is 27.5. The topological polar surface area (TPSA) is 86.8 Å². The molecule has 0 bridgehead atoms. The minimum Gasteiger partial charge on any atom is -0.352 e. The second kappa shape index (κ2) is 15.2. The Morgan fingerprint density at radius 2 is 1.56 bits per heavy atom. The highest BCUT2D eigenvalue weighted by atomic mass is 79.9. The first kappa shape index (κ1) is 32.3. The smallest absolute Gasteiger partial charge is 0.243 e. The van der Waals surface area contributed by atoms with Crippen LogP contribution in [0.4, 0.5) is 5.69 Å². The van der Waals surface area contributed by atoms with E-state index in [1.807, 2.05) is 87.5 Å². The number of amides is 2. The Bertz CT molecular complexity index is 1400. The largest absolute Gasteiger partial charge is 0.352 e. The van der Waals surface area contributed by atoms with Crippen LogP contribution in [0.3, 0.4) is 0 Å². The highest BCUT2D eigenvalue weighted by Gasteiger charge is 2.31. The van der Waals surface area contributed by atoms with Gasteiger partial charge in [0.1, 0.15) is 6.04 Å². The van der Waals surface area contributed by atoms with E-state index >= 15 is 0 Å². The number of nitrogens with zero attached hydrogens (tertiary/aromatic N) is 2. The molecule has 41 heavy (non-hydrogen) atoms. The van der Waals surface area contributed by atoms with Gasteiger partial charge >= 0.3 is 0 Å². The normalized spacial score (nSPS) is 12.1. The van der Waals surface area contributed by atoms with E-state index in [1.165, 1.54) is 10.6 Å². The maximum Gasteiger partial charge on any atom is 0.243 e. The number of aryl methyl sites for hydroxylation is 1. The molecule has 0 saturated heterocycles. The summed E-state index contributed by atoms with van der Waals surface area (Å²) in [6, 6.07) is 23.9. The molecule has 0 aliphatic carbocycles. The molecule has 0 spiro atoms. The van der Waals surface area contributed by atoms with Gasteiger partial charge in [-0.25, -0.2) is 8.42 Å². The molecule has 2 amide bonds. The van der Waals surface area contributed by atoms with Crippen molar-refractivity contribution in [2.75, 3.05) is 17.1 Å². The van der Waals surface area contributed by atoms with Crippen molar-refractivity contribution >= 4 is 43.5 Å². The van der Waals surface area contributed by atoms with E-state index in [9.17, 15) is 18.0 Å². The number of benzene rings is 3. The summed E-state index contributed by atoms with van der Waals surface area (Å²) in [4.78, 5) is 29.0. The third-order valence-electron chi connectivity index (χ3n) is 6.73. The van der Waals surface area contributed by atoms with Crippen LogP contribution in [0.25, 0.3) is 0 Å². The summed E-state index contributed by atoms with van der Waals surface area (Å²) in [7, 11) is -3.55. The molecule has 1 N–H and O–H groups in total. The Hall–Kier alpha value is -3.17. The van der Waals surface area contributed by atoms with Gasteiger partial charge in [-0.2, -0.15) is 0 Å². The predicted molar refractivity (Wildman–Crippen MR) is 169 cm³/mol. The Labute approximate surface area is 253 Å². The van der Waals surface area contributed by atoms with Gasteiger partial charge in [-0.3, -0.25) is 13.9 Å². The van der Waals surface area contributed by atoms with Crippen molar-refractivity contribution in [2.45, 2.75) is 65.1 Å². The van der Waals surface area contributed by atoms with Crippen LogP contribution in [-0.2, 0) is 39.0 Å². The Kier molecular flexibility index (Phi) is 12.0. The van der Waals surface area contributed by atoms with Gasteiger partial charge in [0.25, 0.3) is 0 Å². The molecule has 0 unspecified atom stereocenters. The molecule has 220 valence electrons. The van der Waals surface area contributed by atoms with Gasteiger partial charge in [-0.1, -0.05) is 77.5 Å². The molecule has 0 heterocycles. The Balaban J connectivity index is 1.87. The molecular weight excluding hydrogens is 602 g/mol. The van der Waals surface area contributed by atoms with Crippen molar-refractivity contribution < 1.29 is 18.0 Å². The molecule has 3 rings (SSSR count). The van der Waals surface area contributed by atoms with Crippen LogP contribution in [0.5, 0.6) is 0 Å². The molecule has 0 fully saturated rings. The first-order valence-corrected chi connectivity index (χ1v) is 16.6. The second-order valence-corrected chi connectivity index (χ2v) is 13.3. The van der Waals surface area contributed by atoms with Crippen molar-refractivity contribution in [1.82, 2.24) is 10.2 Å². The van der Waals surface area contributed by atoms with E-state index in [2.05, 4.69) is 21.2 Å². The zero-order valence-corrected chi connectivity index (χ0v) is 26.6. The lowest BCUT2D eigenvalue weighted by Gasteiger charge is -2.32. The molecule has 3 aromatic rings. The van der Waals surface area contributed by atoms with E-state index in [0.717, 1.165) is 27.6 Å². The molecule has 7 nitrogen and oxygen atoms in total. The highest BCUT2D eigenvalue weighted by molar-refractivity contribution is 9.10. The number of rotatable bonds is 14. The Morgan fingerprint density at radius 3 is 2.15 bits per heavy atom. The summed E-state index contributed by atoms with van der Waals surface area (Å²) >= 11 is 3.50. The number of nitrogens with one attached hydrogen (secondary N) is 1. The highest BCUT2D eigenvalue weighted by Crippen LogP contribution is 2.22. The van der Waals surface area contributed by atoms with Crippen LogP contribution >= 0.6 is 15.9 Å². The van der Waals surface area contributed by atoms with E-state index in [0.29, 0.717) is 18.5 Å². The summed E-state index contributed by atoms with van der Waals surface area (Å²) in [5.41, 5.74) is 3.52. The lowest BCUT2D eigenvalue weighted by atomic mass is 10.0. The quantitative estimate of drug-likeness (QED) is 0.244. The summed E-state index contributed by atoms with van der Waals surface area (Å²) in [5, 5.41) is 2.99. The van der Waals surface area contributed by atoms with Crippen LogP contribution in [0.15, 0.2) is 83.3 Å². The average Bonchev–Trinajstić information content (AvgIpc) is 2.92. The number of hydrogen-bond acceptors (Lipinski definition) is 4. The minimum absolute atomic E-state index is 0.0906. The van der Waals surface area contributed by atoms with Crippen LogP contribution in [0.2, 0.25) is 0 Å². The number of anilines is 1. The van der Waals surface area contributed by atoms with Gasteiger partial charge < -0.3 is 10.2 Å². The zero-order chi connectivity index (χ0) is 30.0. The van der Waals surface area contributed by atoms with Crippen LogP contribution < -0.4 is 9.62 Å². The fourth-order valence-electron chi connectivity index (χ4n) is 4.67. The summed E-state index contributed by atoms with van der Waals surface area (Å²) in [6.45, 7) is 6.23. The first-order chi connectivity index (χ1) is 19.5. The molecule has 0 saturated carbocycles. The van der Waals surface area contributed by atoms with Crippen molar-refractivity contribution in [2.24, 2.45) is 0 Å². The monoisotopic (exact) mass is 641 g/mol. The standard InChI is InChI=1S/C32H40BrN3O4S/c1-5-25-16-18-29(19-17-25)36(41(4,39)40)20-10-15-31(37)35(23-27-13-9-14-28(33)21-27)30(32(38)34-24(2)3)22-26-11-7-6-8-12-26/h6-9,11-14,16-19,21,24,30H,5,10,15,20,22-23H2,1-4H3,(H,34,38)/t30-/m1/s1. The fourth-order valence-corrected chi connectivity index (χ4v) is 6.08. The number of carbonyl (C=O) groups excluding carboxylic acids is 2. The van der Waals surface area contributed by atoms with Crippen molar-refractivity contribution in [3.05, 3.63) is 100 Å². The fraction of sp³-hybridized carbons (Fsp3) is 0.375. The molecule has 1 atom stereocenters. The molecule has 0 radical (unpaired) electrons. The maximum absolute atomic E-state index is 13.9. The minimum atomic E-state index is -3.55. The summed E-state index contributed by atoms with van der Waals surface area (Å²) in [6.07, 6.45) is 2.79. The third-order valence-corrected chi connectivity index (χ3v) is 8.42. The number of carbonyl (C=O) groups is 2. The molecular formula is C32H40BrN3O4S. The SMILES string of the molecule is CCc1ccc(N(CCCC(=O)N(Cc2cccc(Br)c2)[C@H](Cc2ccccc2)C(=O)NC(C)C)S(C)(=O)=O)cc1. The van der Waals surface area contributed by atoms with Crippen molar-refractivity contribution in [3.8, 4) is 0 Å². The third kappa shape index (κ3) is 10.0. The first-order valence-electron chi connectivity index (χ1n) is 13.9. The van der Waals surface area contributed by atoms with Crippen molar-refractivity contribution in [1.29, 1.82) is 0 Å². The van der Waals surface area contributed by atoms with E-state index in [1.54, 1.807) is 17.0 Å². The van der Waals surface area contributed by atoms with E-state index < -0.39 is 16.1 Å². The lowest BCUT2D eigenvalue weighted by molar-refractivity contribution is -0.141. The van der Waals surface area contributed by atoms with E-state index in [4.69, 9.17) is 0 Å². The van der Waals surface area contributed by atoms with Crippen molar-refractivity contribution in [3.63, 3.8) is 0 Å². The van der Waals surface area contributed by atoms with Crippen LogP contribution in [0, 0.1) is 0 Å². The number of halogens is 1. The van der Waals surface area contributed by atoms with E-state index in [-0.39, 0.29) is 37.4 Å². The molecule has 3 aromatic carbocycles. The molecule has 0 aliphatic rings. The molecule has 0 aliphatic heterocycles. The zero-order valence-electron chi connectivity index (χ0n) is 24.2. The Morgan fingerprint density at radius 1 is 0.902 bits per heavy atom. The van der Waals surface area contributed by atoms with Crippen LogP contribution in [-0.4, -0.2) is 50.0 Å². The van der Waals surface area contributed by atoms with Gasteiger partial charge in [0.05, 0.1) is 11.9 Å². The molecule has 9 heteroatoms. The average molecular weight is 643 g/mol. The predicted octanol–water partition coefficient (Wildman–Crippen LogP) is 5.72. The number of sulfonamides is 1. The van der Waals surface area contributed by atoms with Gasteiger partial charge in [-0.05, 0) is 67.6 Å². The van der Waals surface area contributed by atoms with Gasteiger partial charge in [0.15, 0.2) is 0 Å². The number of hydrogen-bond donors (Lipinski definition) is 1.